The minimum atomic E-state index is -0.234. The van der Waals surface area contributed by atoms with E-state index in [1.807, 2.05) is 13.8 Å². The van der Waals surface area contributed by atoms with Gasteiger partial charge in [0.25, 0.3) is 5.89 Å². The van der Waals surface area contributed by atoms with Crippen molar-refractivity contribution in [3.8, 4) is 0 Å². The van der Waals surface area contributed by atoms with Crippen molar-refractivity contribution < 1.29 is 14.1 Å². The Hall–Kier alpha value is -1.23. The maximum Gasteiger partial charge on any atom is 0.293 e. The highest BCUT2D eigenvalue weighted by Gasteiger charge is 2.22. The fourth-order valence-corrected chi connectivity index (χ4v) is 1.17. The molecule has 0 amide bonds. The summed E-state index contributed by atoms with van der Waals surface area (Å²) in [5.41, 5.74) is 0. The van der Waals surface area contributed by atoms with Gasteiger partial charge in [0.2, 0.25) is 11.6 Å². The first-order valence-electron chi connectivity index (χ1n) is 4.43. The van der Waals surface area contributed by atoms with Gasteiger partial charge in [0.15, 0.2) is 0 Å². The molecule has 0 aliphatic carbocycles. The van der Waals surface area contributed by atoms with Gasteiger partial charge < -0.3 is 9.26 Å². The van der Waals surface area contributed by atoms with Crippen molar-refractivity contribution in [2.24, 2.45) is 5.92 Å². The molecule has 1 aromatic rings. The lowest BCUT2D eigenvalue weighted by Gasteiger charge is -2.14. The maximum absolute atomic E-state index is 10.9. The molecule has 14 heavy (non-hydrogen) atoms. The van der Waals surface area contributed by atoms with Crippen LogP contribution in [0.5, 0.6) is 0 Å². The molecule has 1 atom stereocenters. The second-order valence-electron chi connectivity index (χ2n) is 3.41. The second kappa shape index (κ2) is 4.32. The van der Waals surface area contributed by atoms with Gasteiger partial charge in [-0.3, -0.25) is 4.79 Å². The summed E-state index contributed by atoms with van der Waals surface area (Å²) in [5, 5.41) is 3.70. The smallest absolute Gasteiger partial charge is 0.293 e. The Balaban J connectivity index is 2.89. The molecule has 5 heteroatoms. The van der Waals surface area contributed by atoms with E-state index in [2.05, 4.69) is 10.1 Å². The average Bonchev–Trinajstić information content (AvgIpc) is 2.53. The van der Waals surface area contributed by atoms with Crippen molar-refractivity contribution in [1.82, 2.24) is 10.1 Å². The largest absolute Gasteiger partial charge is 0.373 e. The van der Waals surface area contributed by atoms with E-state index in [-0.39, 0.29) is 23.7 Å². The molecule has 1 heterocycles. The van der Waals surface area contributed by atoms with Gasteiger partial charge >= 0.3 is 0 Å². The van der Waals surface area contributed by atoms with E-state index in [1.165, 1.54) is 6.92 Å². The molecule has 0 radical (unpaired) electrons. The predicted molar refractivity (Wildman–Crippen MR) is 48.9 cm³/mol. The fraction of sp³-hybridized carbons (Fsp3) is 0.667. The van der Waals surface area contributed by atoms with Crippen LogP contribution >= 0.6 is 0 Å². The summed E-state index contributed by atoms with van der Waals surface area (Å²) in [4.78, 5) is 14.9. The van der Waals surface area contributed by atoms with Crippen LogP contribution < -0.4 is 0 Å². The van der Waals surface area contributed by atoms with Crippen LogP contribution in [0.3, 0.4) is 0 Å². The van der Waals surface area contributed by atoms with E-state index in [1.54, 1.807) is 7.11 Å². The molecule has 5 nitrogen and oxygen atoms in total. The number of nitrogens with zero attached hydrogens (tertiary/aromatic N) is 2. The average molecular weight is 198 g/mol. The minimum Gasteiger partial charge on any atom is -0.373 e. The first kappa shape index (κ1) is 10.8. The Labute approximate surface area is 82.4 Å². The molecule has 0 aliphatic rings. The number of carbonyl (C=O) groups excluding carboxylic acids is 1. The third kappa shape index (κ3) is 2.17. The molecule has 78 valence electrons. The Morgan fingerprint density at radius 3 is 2.50 bits per heavy atom. The molecule has 0 saturated heterocycles. The van der Waals surface area contributed by atoms with Crippen LogP contribution in [0.15, 0.2) is 4.52 Å². The van der Waals surface area contributed by atoms with E-state index in [9.17, 15) is 4.79 Å². The summed E-state index contributed by atoms with van der Waals surface area (Å²) < 4.78 is 9.96. The Kier molecular flexibility index (Phi) is 3.35. The third-order valence-corrected chi connectivity index (χ3v) is 1.86. The molecular weight excluding hydrogens is 184 g/mol. The highest BCUT2D eigenvalue weighted by molar-refractivity contribution is 5.89. The normalized spacial score (nSPS) is 13.2. The Bertz CT molecular complexity index is 320. The summed E-state index contributed by atoms with van der Waals surface area (Å²) in [6.45, 7) is 5.35. The number of ketones is 1. The van der Waals surface area contributed by atoms with E-state index in [0.717, 1.165) is 0 Å². The fourth-order valence-electron chi connectivity index (χ4n) is 1.17. The summed E-state index contributed by atoms with van der Waals surface area (Å²) in [5.74, 6) is 0.454. The molecule has 0 aromatic carbocycles. The zero-order chi connectivity index (χ0) is 10.7. The first-order chi connectivity index (χ1) is 6.56. The monoisotopic (exact) mass is 198 g/mol. The predicted octanol–water partition coefficient (Wildman–Crippen LogP) is 1.62. The molecular formula is C9H14N2O3. The van der Waals surface area contributed by atoms with Gasteiger partial charge in [-0.1, -0.05) is 19.0 Å². The van der Waals surface area contributed by atoms with E-state index < -0.39 is 0 Å². The van der Waals surface area contributed by atoms with E-state index >= 15 is 0 Å². The molecule has 1 rings (SSSR count). The Morgan fingerprint density at radius 1 is 1.50 bits per heavy atom. The summed E-state index contributed by atoms with van der Waals surface area (Å²) in [7, 11) is 1.58. The third-order valence-electron chi connectivity index (χ3n) is 1.86. The zero-order valence-electron chi connectivity index (χ0n) is 8.77. The van der Waals surface area contributed by atoms with Crippen LogP contribution in [0.25, 0.3) is 0 Å². The molecule has 0 aliphatic heterocycles. The molecule has 0 spiro atoms. The molecule has 0 N–H and O–H groups in total. The quantitative estimate of drug-likeness (QED) is 0.688. The summed E-state index contributed by atoms with van der Waals surface area (Å²) >= 11 is 0. The number of rotatable bonds is 4. The molecule has 0 saturated carbocycles. The standard InChI is InChI=1S/C9H14N2O3/c1-5(2)7(13-4)8-10-9(6(3)12)14-11-8/h5,7H,1-4H3. The summed E-state index contributed by atoms with van der Waals surface area (Å²) in [6, 6.07) is 0. The van der Waals surface area contributed by atoms with Crippen LogP contribution in [0.4, 0.5) is 0 Å². The van der Waals surface area contributed by atoms with Crippen molar-refractivity contribution >= 4 is 5.78 Å². The maximum atomic E-state index is 10.9. The van der Waals surface area contributed by atoms with Crippen LogP contribution in [-0.2, 0) is 4.74 Å². The molecule has 0 fully saturated rings. The number of carbonyl (C=O) groups is 1. The van der Waals surface area contributed by atoms with E-state index in [0.29, 0.717) is 5.82 Å². The van der Waals surface area contributed by atoms with Crippen molar-refractivity contribution in [3.63, 3.8) is 0 Å². The van der Waals surface area contributed by atoms with Gasteiger partial charge in [0, 0.05) is 14.0 Å². The number of aromatic nitrogens is 2. The SMILES string of the molecule is COC(c1noc(C(C)=O)n1)C(C)C. The van der Waals surface area contributed by atoms with Crippen molar-refractivity contribution in [2.75, 3.05) is 7.11 Å². The lowest BCUT2D eigenvalue weighted by Crippen LogP contribution is -2.10. The topological polar surface area (TPSA) is 65.2 Å². The highest BCUT2D eigenvalue weighted by atomic mass is 16.5. The zero-order valence-corrected chi connectivity index (χ0v) is 8.77. The summed E-state index contributed by atoms with van der Waals surface area (Å²) in [6.07, 6.45) is -0.230. The van der Waals surface area contributed by atoms with Gasteiger partial charge in [-0.2, -0.15) is 4.98 Å². The molecule has 0 bridgehead atoms. The van der Waals surface area contributed by atoms with Crippen molar-refractivity contribution in [2.45, 2.75) is 26.9 Å². The molecule has 1 aromatic heterocycles. The van der Waals surface area contributed by atoms with Crippen molar-refractivity contribution in [3.05, 3.63) is 11.7 Å². The molecule has 1 unspecified atom stereocenters. The van der Waals surface area contributed by atoms with Crippen LogP contribution in [0, 0.1) is 5.92 Å². The number of ether oxygens (including phenoxy) is 1. The van der Waals surface area contributed by atoms with Gasteiger partial charge in [-0.05, 0) is 5.92 Å². The van der Waals surface area contributed by atoms with Crippen LogP contribution in [-0.4, -0.2) is 23.0 Å². The minimum absolute atomic E-state index is 0.0303. The van der Waals surface area contributed by atoms with Gasteiger partial charge in [-0.15, -0.1) is 0 Å². The number of hydrogen-bond donors (Lipinski definition) is 0. The van der Waals surface area contributed by atoms with Crippen LogP contribution in [0.2, 0.25) is 0 Å². The second-order valence-corrected chi connectivity index (χ2v) is 3.41. The van der Waals surface area contributed by atoms with E-state index in [4.69, 9.17) is 9.26 Å². The van der Waals surface area contributed by atoms with Gasteiger partial charge in [0.1, 0.15) is 6.10 Å². The van der Waals surface area contributed by atoms with Gasteiger partial charge in [0.05, 0.1) is 0 Å². The number of hydrogen-bond acceptors (Lipinski definition) is 5. The Morgan fingerprint density at radius 2 is 2.14 bits per heavy atom. The first-order valence-corrected chi connectivity index (χ1v) is 4.43. The lowest BCUT2D eigenvalue weighted by atomic mass is 10.1. The van der Waals surface area contributed by atoms with Crippen molar-refractivity contribution in [1.29, 1.82) is 0 Å². The lowest BCUT2D eigenvalue weighted by molar-refractivity contribution is 0.0555. The van der Waals surface area contributed by atoms with Crippen LogP contribution in [0.1, 0.15) is 43.4 Å². The van der Waals surface area contributed by atoms with Gasteiger partial charge in [-0.25, -0.2) is 0 Å². The highest BCUT2D eigenvalue weighted by Crippen LogP contribution is 2.22. The number of methoxy groups -OCH3 is 1. The number of Topliss-reactive ketones (excluding diaryl/α,β-unsaturated/α-hetero) is 1.